The fourth-order valence-corrected chi connectivity index (χ4v) is 0.658. The van der Waals surface area contributed by atoms with E-state index >= 15 is 0 Å². The van der Waals surface area contributed by atoms with Gasteiger partial charge in [-0.25, -0.2) is 5.43 Å². The molecule has 0 saturated carbocycles. The fraction of sp³-hybridized carbons (Fsp3) is 0.400. The van der Waals surface area contributed by atoms with Crippen LogP contribution < -0.4 is 10.9 Å². The molecule has 0 aromatic rings. The van der Waals surface area contributed by atoms with Crippen LogP contribution in [0.3, 0.4) is 0 Å². The molecule has 0 aromatic heterocycles. The first kappa shape index (κ1) is 7.93. The zero-order valence-electron chi connectivity index (χ0n) is 5.93. The molecule has 0 saturated heterocycles. The number of hydrogen-bond donors (Lipinski definition) is 2. The fourth-order valence-electron chi connectivity index (χ4n) is 0.658. The summed E-state index contributed by atoms with van der Waals surface area (Å²) in [4.78, 5) is 3.75. The molecular weight excluding hydrogens is 154 g/mol. The number of hydrogen-bond acceptors (Lipinski definition) is 3. The summed E-state index contributed by atoms with van der Waals surface area (Å²) in [5.41, 5.74) is 3.87. The van der Waals surface area contributed by atoms with Crippen molar-refractivity contribution in [2.75, 3.05) is 6.54 Å². The standard InChI is InChI=1S/C5H8F2N4/c1-2-8-5-3-4(6)9-11(7)10-5/h3,9H,2H2,1H3,(H,8,10). The minimum absolute atomic E-state index is 0.0934. The van der Waals surface area contributed by atoms with Gasteiger partial charge in [-0.15, -0.1) is 0 Å². The molecule has 1 rings (SSSR count). The third-order valence-corrected chi connectivity index (χ3v) is 1.01. The molecule has 1 aliphatic heterocycles. The van der Waals surface area contributed by atoms with Crippen LogP contribution in [0.5, 0.6) is 0 Å². The zero-order valence-corrected chi connectivity index (χ0v) is 5.93. The van der Waals surface area contributed by atoms with E-state index in [0.29, 0.717) is 6.54 Å². The molecular formula is C5H8F2N4. The lowest BCUT2D eigenvalue weighted by molar-refractivity contribution is -0.0613. The highest BCUT2D eigenvalue weighted by atomic mass is 19.2. The number of aliphatic imine (C=N–C) groups is 1. The second-order valence-corrected chi connectivity index (χ2v) is 1.86. The van der Waals surface area contributed by atoms with Gasteiger partial charge in [0.1, 0.15) is 5.84 Å². The van der Waals surface area contributed by atoms with Gasteiger partial charge < -0.3 is 0 Å². The van der Waals surface area contributed by atoms with E-state index in [1.165, 1.54) is 0 Å². The van der Waals surface area contributed by atoms with Crippen LogP contribution in [0, 0.1) is 0 Å². The summed E-state index contributed by atoms with van der Waals surface area (Å²) >= 11 is 0. The SMILES string of the molecule is CCN=C1C=C(F)NN(F)N1. The van der Waals surface area contributed by atoms with E-state index < -0.39 is 5.95 Å². The molecule has 62 valence electrons. The van der Waals surface area contributed by atoms with Gasteiger partial charge in [0.25, 0.3) is 0 Å². The topological polar surface area (TPSA) is 39.7 Å². The number of nitrogens with zero attached hydrogens (tertiary/aromatic N) is 2. The Hall–Kier alpha value is -1.17. The summed E-state index contributed by atoms with van der Waals surface area (Å²) < 4.78 is 24.6. The molecule has 1 heterocycles. The number of amidine groups is 1. The molecule has 1 aliphatic rings. The van der Waals surface area contributed by atoms with Crippen molar-refractivity contribution < 1.29 is 8.87 Å². The normalized spacial score (nSPS) is 22.5. The van der Waals surface area contributed by atoms with Crippen molar-refractivity contribution in [1.82, 2.24) is 16.2 Å². The molecule has 2 N–H and O–H groups in total. The van der Waals surface area contributed by atoms with Gasteiger partial charge in [0.2, 0.25) is 5.95 Å². The smallest absolute Gasteiger partial charge is 0.208 e. The molecule has 0 bridgehead atoms. The molecule has 0 atom stereocenters. The lowest BCUT2D eigenvalue weighted by Crippen LogP contribution is -2.47. The Labute approximate surface area is 62.5 Å². The third-order valence-electron chi connectivity index (χ3n) is 1.01. The van der Waals surface area contributed by atoms with Crippen molar-refractivity contribution in [3.05, 3.63) is 12.0 Å². The minimum atomic E-state index is -0.779. The Balaban J connectivity index is 2.69. The Morgan fingerprint density at radius 1 is 1.64 bits per heavy atom. The Morgan fingerprint density at radius 2 is 2.36 bits per heavy atom. The maximum atomic E-state index is 12.4. The lowest BCUT2D eigenvalue weighted by atomic mass is 10.5. The highest BCUT2D eigenvalue weighted by Crippen LogP contribution is 1.98. The Kier molecular flexibility index (Phi) is 2.37. The number of nitrogens with one attached hydrogen (secondary N) is 2. The summed E-state index contributed by atoms with van der Waals surface area (Å²) in [6, 6.07) is 0. The second kappa shape index (κ2) is 3.29. The van der Waals surface area contributed by atoms with Gasteiger partial charge in [-0.3, -0.25) is 10.4 Å². The first-order chi connectivity index (χ1) is 5.22. The van der Waals surface area contributed by atoms with Crippen LogP contribution in [-0.2, 0) is 0 Å². The lowest BCUT2D eigenvalue weighted by Gasteiger charge is -2.18. The van der Waals surface area contributed by atoms with Gasteiger partial charge in [0.15, 0.2) is 0 Å². The predicted molar refractivity (Wildman–Crippen MR) is 36.4 cm³/mol. The van der Waals surface area contributed by atoms with Crippen molar-refractivity contribution in [2.45, 2.75) is 6.92 Å². The summed E-state index contributed by atoms with van der Waals surface area (Å²) in [6.07, 6.45) is 1.07. The van der Waals surface area contributed by atoms with Crippen molar-refractivity contribution in [3.8, 4) is 0 Å². The van der Waals surface area contributed by atoms with Crippen molar-refractivity contribution in [1.29, 1.82) is 0 Å². The van der Waals surface area contributed by atoms with Gasteiger partial charge in [-0.2, -0.15) is 4.39 Å². The molecule has 0 radical (unpaired) electrons. The molecule has 0 aromatic carbocycles. The largest absolute Gasteiger partial charge is 0.268 e. The number of hydrazine groups is 2. The average Bonchev–Trinajstić information content (AvgIpc) is 1.85. The van der Waals surface area contributed by atoms with Crippen LogP contribution in [0.2, 0.25) is 0 Å². The molecule has 0 amide bonds. The van der Waals surface area contributed by atoms with Crippen LogP contribution in [0.4, 0.5) is 8.87 Å². The first-order valence-electron chi connectivity index (χ1n) is 3.13. The summed E-state index contributed by atoms with van der Waals surface area (Å²) in [5.74, 6) is -0.621. The molecule has 11 heavy (non-hydrogen) atoms. The number of halogens is 2. The van der Waals surface area contributed by atoms with E-state index in [9.17, 15) is 8.87 Å². The molecule has 4 nitrogen and oxygen atoms in total. The summed E-state index contributed by atoms with van der Waals surface area (Å²) in [6.45, 7) is 2.24. The van der Waals surface area contributed by atoms with Crippen LogP contribution in [0.25, 0.3) is 0 Å². The highest BCUT2D eigenvalue weighted by molar-refractivity contribution is 5.93. The average molecular weight is 162 g/mol. The van der Waals surface area contributed by atoms with Crippen molar-refractivity contribution >= 4 is 5.84 Å². The minimum Gasteiger partial charge on any atom is -0.268 e. The van der Waals surface area contributed by atoms with Crippen LogP contribution in [-0.4, -0.2) is 17.7 Å². The van der Waals surface area contributed by atoms with Gasteiger partial charge in [0.05, 0.1) is 0 Å². The van der Waals surface area contributed by atoms with E-state index in [0.717, 1.165) is 6.08 Å². The quantitative estimate of drug-likeness (QED) is 0.433. The van der Waals surface area contributed by atoms with E-state index in [4.69, 9.17) is 0 Å². The van der Waals surface area contributed by atoms with E-state index in [1.54, 1.807) is 12.3 Å². The van der Waals surface area contributed by atoms with Gasteiger partial charge in [0, 0.05) is 18.0 Å². The van der Waals surface area contributed by atoms with Crippen molar-refractivity contribution in [3.63, 3.8) is 0 Å². The van der Waals surface area contributed by atoms with E-state index in [1.807, 2.05) is 0 Å². The van der Waals surface area contributed by atoms with E-state index in [2.05, 4.69) is 10.4 Å². The van der Waals surface area contributed by atoms with Gasteiger partial charge >= 0.3 is 0 Å². The Bertz CT molecular complexity index is 201. The summed E-state index contributed by atoms with van der Waals surface area (Å²) in [7, 11) is 0. The number of rotatable bonds is 1. The van der Waals surface area contributed by atoms with Crippen LogP contribution in [0.15, 0.2) is 17.0 Å². The maximum absolute atomic E-state index is 12.4. The predicted octanol–water partition coefficient (Wildman–Crippen LogP) is 0.425. The van der Waals surface area contributed by atoms with E-state index in [-0.39, 0.29) is 11.2 Å². The van der Waals surface area contributed by atoms with Crippen LogP contribution in [0.1, 0.15) is 6.92 Å². The van der Waals surface area contributed by atoms with Gasteiger partial charge in [-0.05, 0) is 6.92 Å². The molecule has 0 unspecified atom stereocenters. The second-order valence-electron chi connectivity index (χ2n) is 1.86. The zero-order chi connectivity index (χ0) is 8.27. The van der Waals surface area contributed by atoms with Crippen molar-refractivity contribution in [2.24, 2.45) is 4.99 Å². The molecule has 0 spiro atoms. The maximum Gasteiger partial charge on any atom is 0.208 e. The van der Waals surface area contributed by atoms with Crippen LogP contribution >= 0.6 is 0 Å². The monoisotopic (exact) mass is 162 g/mol. The molecule has 6 heteroatoms. The highest BCUT2D eigenvalue weighted by Gasteiger charge is 2.12. The Morgan fingerprint density at radius 3 is 2.91 bits per heavy atom. The van der Waals surface area contributed by atoms with Gasteiger partial charge in [-0.1, -0.05) is 4.48 Å². The molecule has 0 aliphatic carbocycles. The molecule has 0 fully saturated rings. The summed E-state index contributed by atoms with van der Waals surface area (Å²) in [5, 5.41) is -0.0934. The first-order valence-corrected chi connectivity index (χ1v) is 3.13. The third kappa shape index (κ3) is 2.15.